The number of hydrogen-bond donors (Lipinski definition) is 0. The Kier molecular flexibility index (Phi) is 2.83. The summed E-state index contributed by atoms with van der Waals surface area (Å²) >= 11 is 5.66. The topological polar surface area (TPSA) is 37.4 Å². The Bertz CT molecular complexity index is 385. The molecule has 0 saturated heterocycles. The van der Waals surface area contributed by atoms with E-state index in [1.807, 2.05) is 0 Å². The first-order chi connectivity index (χ1) is 5.91. The molecule has 5 heteroatoms. The van der Waals surface area contributed by atoms with Crippen LogP contribution in [0, 0.1) is 0 Å². The molecule has 0 heterocycles. The predicted molar refractivity (Wildman–Crippen MR) is 54.7 cm³/mol. The monoisotopic (exact) mass is 219 g/mol. The lowest BCUT2D eigenvalue weighted by Gasteiger charge is -2.16. The van der Waals surface area contributed by atoms with Crippen molar-refractivity contribution in [1.29, 1.82) is 0 Å². The summed E-state index contributed by atoms with van der Waals surface area (Å²) in [5.41, 5.74) is 0.604. The van der Waals surface area contributed by atoms with Gasteiger partial charge in [-0.1, -0.05) is 11.6 Å². The summed E-state index contributed by atoms with van der Waals surface area (Å²) in [4.78, 5) is 0. The zero-order valence-corrected chi connectivity index (χ0v) is 8.93. The van der Waals surface area contributed by atoms with E-state index in [1.165, 1.54) is 11.4 Å². The maximum absolute atomic E-state index is 11.1. The Morgan fingerprint density at radius 3 is 2.08 bits per heavy atom. The van der Waals surface area contributed by atoms with E-state index in [1.54, 1.807) is 24.3 Å². The average Bonchev–Trinajstić information content (AvgIpc) is 2.03. The van der Waals surface area contributed by atoms with E-state index in [0.717, 1.165) is 6.26 Å². The van der Waals surface area contributed by atoms with Crippen LogP contribution in [0.5, 0.6) is 0 Å². The van der Waals surface area contributed by atoms with Gasteiger partial charge < -0.3 is 0 Å². The summed E-state index contributed by atoms with van der Waals surface area (Å²) in [6.45, 7) is 0. The third-order valence-electron chi connectivity index (χ3n) is 1.69. The summed E-state index contributed by atoms with van der Waals surface area (Å²) in [6.07, 6.45) is 1.15. The third-order valence-corrected chi connectivity index (χ3v) is 3.15. The molecule has 72 valence electrons. The van der Waals surface area contributed by atoms with Gasteiger partial charge in [-0.2, -0.15) is 0 Å². The van der Waals surface area contributed by atoms with E-state index >= 15 is 0 Å². The minimum absolute atomic E-state index is 0.589. The fourth-order valence-electron chi connectivity index (χ4n) is 0.842. The van der Waals surface area contributed by atoms with Crippen LogP contribution in [0.1, 0.15) is 0 Å². The standard InChI is InChI=1S/C8H10ClNO2S/c1-10(13(2,11)12)8-5-3-7(9)4-6-8/h3-6H,1-2H3. The van der Waals surface area contributed by atoms with Crippen molar-refractivity contribution in [2.24, 2.45) is 0 Å². The van der Waals surface area contributed by atoms with Crippen molar-refractivity contribution in [3.63, 3.8) is 0 Å². The molecule has 0 aliphatic heterocycles. The number of sulfonamides is 1. The first kappa shape index (κ1) is 10.3. The second-order valence-corrected chi connectivity index (χ2v) is 5.16. The Morgan fingerprint density at radius 2 is 1.69 bits per heavy atom. The number of halogens is 1. The number of nitrogens with zero attached hydrogens (tertiary/aromatic N) is 1. The van der Waals surface area contributed by atoms with Crippen molar-refractivity contribution in [3.8, 4) is 0 Å². The zero-order valence-electron chi connectivity index (χ0n) is 7.36. The van der Waals surface area contributed by atoms with Crippen molar-refractivity contribution >= 4 is 27.3 Å². The van der Waals surface area contributed by atoms with Crippen molar-refractivity contribution in [2.45, 2.75) is 0 Å². The third kappa shape index (κ3) is 2.60. The fraction of sp³-hybridized carbons (Fsp3) is 0.250. The lowest BCUT2D eigenvalue weighted by atomic mass is 10.3. The van der Waals surface area contributed by atoms with Crippen molar-refractivity contribution in [1.82, 2.24) is 0 Å². The van der Waals surface area contributed by atoms with E-state index in [2.05, 4.69) is 0 Å². The lowest BCUT2D eigenvalue weighted by molar-refractivity contribution is 0.600. The van der Waals surface area contributed by atoms with Crippen LogP contribution >= 0.6 is 11.6 Å². The number of benzene rings is 1. The quantitative estimate of drug-likeness (QED) is 0.760. The summed E-state index contributed by atoms with van der Waals surface area (Å²) in [7, 11) is -1.68. The Hall–Kier alpha value is -0.740. The molecule has 0 fully saturated rings. The van der Waals surface area contributed by atoms with Crippen LogP contribution in [0.25, 0.3) is 0 Å². The smallest absolute Gasteiger partial charge is 0.231 e. The number of hydrogen-bond acceptors (Lipinski definition) is 2. The summed E-state index contributed by atoms with van der Waals surface area (Å²) in [5, 5.41) is 0.589. The highest BCUT2D eigenvalue weighted by Gasteiger charge is 2.10. The lowest BCUT2D eigenvalue weighted by Crippen LogP contribution is -2.24. The minimum atomic E-state index is -3.18. The molecule has 13 heavy (non-hydrogen) atoms. The van der Waals surface area contributed by atoms with E-state index in [4.69, 9.17) is 11.6 Å². The second kappa shape index (κ2) is 3.55. The van der Waals surface area contributed by atoms with Crippen molar-refractivity contribution in [2.75, 3.05) is 17.6 Å². The molecule has 3 nitrogen and oxygen atoms in total. The Morgan fingerprint density at radius 1 is 1.23 bits per heavy atom. The van der Waals surface area contributed by atoms with Crippen LogP contribution in [0.2, 0.25) is 5.02 Å². The van der Waals surface area contributed by atoms with Crippen LogP contribution in [-0.2, 0) is 10.0 Å². The van der Waals surface area contributed by atoms with Gasteiger partial charge >= 0.3 is 0 Å². The number of rotatable bonds is 2. The molecule has 0 amide bonds. The molecular formula is C8H10ClNO2S. The van der Waals surface area contributed by atoms with E-state index in [9.17, 15) is 8.42 Å². The van der Waals surface area contributed by atoms with Crippen LogP contribution < -0.4 is 4.31 Å². The van der Waals surface area contributed by atoms with Gasteiger partial charge in [0.2, 0.25) is 10.0 Å². The van der Waals surface area contributed by atoms with Gasteiger partial charge in [-0.05, 0) is 24.3 Å². The Labute approximate surface area is 83.0 Å². The van der Waals surface area contributed by atoms with Gasteiger partial charge in [-0.3, -0.25) is 4.31 Å². The maximum Gasteiger partial charge on any atom is 0.231 e. The van der Waals surface area contributed by atoms with Gasteiger partial charge in [-0.15, -0.1) is 0 Å². The first-order valence-corrected chi connectivity index (χ1v) is 5.83. The summed E-state index contributed by atoms with van der Waals surface area (Å²) < 4.78 is 23.4. The molecule has 0 unspecified atom stereocenters. The van der Waals surface area contributed by atoms with Crippen molar-refractivity contribution < 1.29 is 8.42 Å². The zero-order chi connectivity index (χ0) is 10.1. The SMILES string of the molecule is CN(c1ccc(Cl)cc1)S(C)(=O)=O. The molecule has 0 saturated carbocycles. The molecule has 0 radical (unpaired) electrons. The van der Waals surface area contributed by atoms with Gasteiger partial charge in [0.05, 0.1) is 11.9 Å². The Balaban J connectivity index is 3.04. The van der Waals surface area contributed by atoms with Crippen LogP contribution in [-0.4, -0.2) is 21.7 Å². The van der Waals surface area contributed by atoms with Crippen LogP contribution in [0.3, 0.4) is 0 Å². The highest BCUT2D eigenvalue weighted by Crippen LogP contribution is 2.18. The van der Waals surface area contributed by atoms with Crippen LogP contribution in [0.4, 0.5) is 5.69 Å². The van der Waals surface area contributed by atoms with E-state index in [-0.39, 0.29) is 0 Å². The molecule has 0 aromatic heterocycles. The van der Waals surface area contributed by atoms with Gasteiger partial charge in [0.25, 0.3) is 0 Å². The van der Waals surface area contributed by atoms with Gasteiger partial charge in [0, 0.05) is 12.1 Å². The molecule has 1 aromatic carbocycles. The number of anilines is 1. The molecule has 1 rings (SSSR count). The molecule has 0 aliphatic rings. The molecular weight excluding hydrogens is 210 g/mol. The fourth-order valence-corrected chi connectivity index (χ4v) is 1.47. The average molecular weight is 220 g/mol. The molecule has 0 atom stereocenters. The second-order valence-electron chi connectivity index (χ2n) is 2.71. The summed E-state index contributed by atoms with van der Waals surface area (Å²) in [5.74, 6) is 0. The highest BCUT2D eigenvalue weighted by molar-refractivity contribution is 7.92. The molecule has 0 aliphatic carbocycles. The largest absolute Gasteiger partial charge is 0.274 e. The predicted octanol–water partition coefficient (Wildman–Crippen LogP) is 1.74. The highest BCUT2D eigenvalue weighted by atomic mass is 35.5. The summed E-state index contributed by atoms with van der Waals surface area (Å²) in [6, 6.07) is 6.61. The maximum atomic E-state index is 11.1. The minimum Gasteiger partial charge on any atom is -0.274 e. The van der Waals surface area contributed by atoms with E-state index in [0.29, 0.717) is 10.7 Å². The van der Waals surface area contributed by atoms with Gasteiger partial charge in [-0.25, -0.2) is 8.42 Å². The first-order valence-electron chi connectivity index (χ1n) is 3.61. The van der Waals surface area contributed by atoms with E-state index < -0.39 is 10.0 Å². The van der Waals surface area contributed by atoms with Crippen molar-refractivity contribution in [3.05, 3.63) is 29.3 Å². The normalized spacial score (nSPS) is 11.3. The van der Waals surface area contributed by atoms with Gasteiger partial charge in [0.1, 0.15) is 0 Å². The molecule has 0 spiro atoms. The molecule has 0 bridgehead atoms. The van der Waals surface area contributed by atoms with Gasteiger partial charge in [0.15, 0.2) is 0 Å². The van der Waals surface area contributed by atoms with Crippen LogP contribution in [0.15, 0.2) is 24.3 Å². The molecule has 1 aromatic rings. The molecule has 0 N–H and O–H groups in total.